The van der Waals surface area contributed by atoms with Crippen LogP contribution in [0.15, 0.2) is 30.3 Å². The lowest BCUT2D eigenvalue weighted by atomic mass is 9.78. The van der Waals surface area contributed by atoms with E-state index in [1.807, 2.05) is 12.1 Å². The first kappa shape index (κ1) is 12.7. The molecule has 0 bridgehead atoms. The van der Waals surface area contributed by atoms with Gasteiger partial charge in [0.15, 0.2) is 0 Å². The zero-order valence-corrected chi connectivity index (χ0v) is 10.4. The molecule has 0 saturated carbocycles. The molecule has 0 amide bonds. The van der Waals surface area contributed by atoms with E-state index in [0.717, 1.165) is 18.3 Å². The molecule has 0 aliphatic heterocycles. The average molecular weight is 216 g/mol. The van der Waals surface area contributed by atoms with Crippen molar-refractivity contribution >= 4 is 12.4 Å². The molecule has 16 heavy (non-hydrogen) atoms. The minimum absolute atomic E-state index is 0.165. The fraction of sp³-hybridized carbons (Fsp3) is 0.400. The van der Waals surface area contributed by atoms with Crippen LogP contribution in [0.3, 0.4) is 0 Å². The Morgan fingerprint density at radius 1 is 1.25 bits per heavy atom. The van der Waals surface area contributed by atoms with E-state index in [4.69, 9.17) is 0 Å². The van der Waals surface area contributed by atoms with Gasteiger partial charge in [-0.25, -0.2) is 0 Å². The van der Waals surface area contributed by atoms with E-state index < -0.39 is 0 Å². The summed E-state index contributed by atoms with van der Waals surface area (Å²) in [5.74, 6) is 0. The Kier molecular flexibility index (Phi) is 4.48. The van der Waals surface area contributed by atoms with E-state index in [9.17, 15) is 4.79 Å². The number of hydrogen-bond acceptors (Lipinski definition) is 1. The molecule has 0 spiro atoms. The molecule has 1 nitrogen and oxygen atoms in total. The van der Waals surface area contributed by atoms with Crippen molar-refractivity contribution in [2.24, 2.45) is 0 Å². The van der Waals surface area contributed by atoms with Crippen molar-refractivity contribution in [3.63, 3.8) is 0 Å². The highest BCUT2D eigenvalue weighted by atomic mass is 16.1. The number of hydrogen-bond donors (Lipinski definition) is 0. The third kappa shape index (κ3) is 3.06. The Labute approximate surface area is 98.2 Å². The van der Waals surface area contributed by atoms with Crippen LogP contribution in [-0.4, -0.2) is 6.29 Å². The number of carbonyl (C=O) groups excluding carboxylic acids is 1. The second-order valence-electron chi connectivity index (χ2n) is 4.72. The molecule has 0 aliphatic rings. The first-order chi connectivity index (χ1) is 7.61. The van der Waals surface area contributed by atoms with Gasteiger partial charge in [-0.05, 0) is 29.0 Å². The maximum absolute atomic E-state index is 10.4. The van der Waals surface area contributed by atoms with Gasteiger partial charge in [0, 0.05) is 0 Å². The number of aldehydes is 1. The minimum Gasteiger partial charge on any atom is -0.299 e. The smallest absolute Gasteiger partial charge is 0.142 e. The summed E-state index contributed by atoms with van der Waals surface area (Å²) >= 11 is 0. The van der Waals surface area contributed by atoms with Crippen LogP contribution in [0.25, 0.3) is 6.08 Å². The Morgan fingerprint density at radius 2 is 1.94 bits per heavy atom. The molecule has 0 atom stereocenters. The second kappa shape index (κ2) is 5.64. The summed E-state index contributed by atoms with van der Waals surface area (Å²) in [5.41, 5.74) is 2.63. The Hall–Kier alpha value is -1.37. The lowest BCUT2D eigenvalue weighted by Crippen LogP contribution is -2.17. The van der Waals surface area contributed by atoms with Gasteiger partial charge in [0.2, 0.25) is 0 Å². The summed E-state index contributed by atoms with van der Waals surface area (Å²) in [7, 11) is 0. The fourth-order valence-corrected chi connectivity index (χ4v) is 2.16. The Bertz CT molecular complexity index is 375. The van der Waals surface area contributed by atoms with E-state index in [2.05, 4.69) is 39.0 Å². The maximum atomic E-state index is 10.4. The van der Waals surface area contributed by atoms with E-state index in [1.54, 1.807) is 6.08 Å². The van der Waals surface area contributed by atoms with Gasteiger partial charge in [-0.15, -0.1) is 0 Å². The summed E-state index contributed by atoms with van der Waals surface area (Å²) in [6.45, 7) is 6.71. The number of allylic oxidation sites excluding steroid dienone is 1. The summed E-state index contributed by atoms with van der Waals surface area (Å²) < 4.78 is 0. The van der Waals surface area contributed by atoms with Crippen molar-refractivity contribution in [1.82, 2.24) is 0 Å². The normalized spacial score (nSPS) is 11.9. The van der Waals surface area contributed by atoms with Crippen LogP contribution in [-0.2, 0) is 10.2 Å². The van der Waals surface area contributed by atoms with E-state index in [0.29, 0.717) is 0 Å². The highest BCUT2D eigenvalue weighted by molar-refractivity contribution is 5.74. The van der Waals surface area contributed by atoms with E-state index in [1.165, 1.54) is 12.0 Å². The Balaban J connectivity index is 3.11. The molecular weight excluding hydrogens is 196 g/mol. The molecule has 86 valence electrons. The SMILES string of the molecule is CCCC(C)(C)c1ccccc1/C=C/C=O. The molecule has 1 aromatic carbocycles. The molecule has 0 radical (unpaired) electrons. The first-order valence-electron chi connectivity index (χ1n) is 5.83. The standard InChI is InChI=1S/C15H20O/c1-4-11-15(2,3)14-10-6-5-8-13(14)9-7-12-16/h5-10,12H,4,11H2,1-3H3/b9-7+. The van der Waals surface area contributed by atoms with Gasteiger partial charge in [-0.1, -0.05) is 57.5 Å². The largest absolute Gasteiger partial charge is 0.299 e. The van der Waals surface area contributed by atoms with Gasteiger partial charge in [-0.3, -0.25) is 4.79 Å². The zero-order chi connectivity index (χ0) is 12.0. The predicted octanol–water partition coefficient (Wildman–Crippen LogP) is 3.98. The van der Waals surface area contributed by atoms with Crippen molar-refractivity contribution in [2.75, 3.05) is 0 Å². The quantitative estimate of drug-likeness (QED) is 0.537. The molecule has 0 fully saturated rings. The van der Waals surface area contributed by atoms with E-state index >= 15 is 0 Å². The Morgan fingerprint density at radius 3 is 2.56 bits per heavy atom. The van der Waals surface area contributed by atoms with Crippen molar-refractivity contribution in [1.29, 1.82) is 0 Å². The highest BCUT2D eigenvalue weighted by Gasteiger charge is 2.21. The first-order valence-corrected chi connectivity index (χ1v) is 5.83. The monoisotopic (exact) mass is 216 g/mol. The van der Waals surface area contributed by atoms with Crippen molar-refractivity contribution < 1.29 is 4.79 Å². The van der Waals surface area contributed by atoms with Gasteiger partial charge in [0.05, 0.1) is 0 Å². The molecule has 0 aliphatic carbocycles. The summed E-state index contributed by atoms with van der Waals surface area (Å²) in [6.07, 6.45) is 6.59. The molecule has 0 heterocycles. The number of benzene rings is 1. The minimum atomic E-state index is 0.165. The fourth-order valence-electron chi connectivity index (χ4n) is 2.16. The van der Waals surface area contributed by atoms with Gasteiger partial charge in [-0.2, -0.15) is 0 Å². The van der Waals surface area contributed by atoms with Crippen molar-refractivity contribution in [2.45, 2.75) is 39.0 Å². The zero-order valence-electron chi connectivity index (χ0n) is 10.4. The molecule has 1 aromatic rings. The van der Waals surface area contributed by atoms with Crippen LogP contribution in [0.5, 0.6) is 0 Å². The van der Waals surface area contributed by atoms with Crippen molar-refractivity contribution in [3.05, 3.63) is 41.5 Å². The average Bonchev–Trinajstić information content (AvgIpc) is 2.26. The number of rotatable bonds is 5. The molecular formula is C15H20O. The van der Waals surface area contributed by atoms with Crippen LogP contribution in [0, 0.1) is 0 Å². The van der Waals surface area contributed by atoms with Gasteiger partial charge >= 0.3 is 0 Å². The van der Waals surface area contributed by atoms with Gasteiger partial charge in [0.25, 0.3) is 0 Å². The summed E-state index contributed by atoms with van der Waals surface area (Å²) in [5, 5.41) is 0. The van der Waals surface area contributed by atoms with Crippen LogP contribution < -0.4 is 0 Å². The molecule has 1 heteroatoms. The number of carbonyl (C=O) groups is 1. The lowest BCUT2D eigenvalue weighted by molar-refractivity contribution is -0.104. The van der Waals surface area contributed by atoms with Gasteiger partial charge < -0.3 is 0 Å². The molecule has 0 N–H and O–H groups in total. The van der Waals surface area contributed by atoms with Crippen LogP contribution in [0.1, 0.15) is 44.7 Å². The summed E-state index contributed by atoms with van der Waals surface area (Å²) in [6, 6.07) is 8.29. The third-order valence-electron chi connectivity index (χ3n) is 2.92. The molecule has 0 aromatic heterocycles. The van der Waals surface area contributed by atoms with Crippen LogP contribution in [0.2, 0.25) is 0 Å². The topological polar surface area (TPSA) is 17.1 Å². The van der Waals surface area contributed by atoms with Crippen LogP contribution in [0.4, 0.5) is 0 Å². The second-order valence-corrected chi connectivity index (χ2v) is 4.72. The summed E-state index contributed by atoms with van der Waals surface area (Å²) in [4.78, 5) is 10.4. The lowest BCUT2D eigenvalue weighted by Gasteiger charge is -2.26. The van der Waals surface area contributed by atoms with Crippen LogP contribution >= 0.6 is 0 Å². The third-order valence-corrected chi connectivity index (χ3v) is 2.92. The van der Waals surface area contributed by atoms with E-state index in [-0.39, 0.29) is 5.41 Å². The molecule has 1 rings (SSSR count). The van der Waals surface area contributed by atoms with Crippen molar-refractivity contribution in [3.8, 4) is 0 Å². The van der Waals surface area contributed by atoms with Gasteiger partial charge in [0.1, 0.15) is 6.29 Å². The molecule has 0 unspecified atom stereocenters. The maximum Gasteiger partial charge on any atom is 0.142 e. The highest BCUT2D eigenvalue weighted by Crippen LogP contribution is 2.31. The molecule has 0 saturated heterocycles. The predicted molar refractivity (Wildman–Crippen MR) is 69.5 cm³/mol.